The van der Waals surface area contributed by atoms with Gasteiger partial charge in [0.15, 0.2) is 12.4 Å². The lowest BCUT2D eigenvalue weighted by molar-refractivity contribution is -0.697. The average molecular weight is 623 g/mol. The van der Waals surface area contributed by atoms with Gasteiger partial charge in [0.25, 0.3) is 0 Å². The number of halogens is 1. The largest absolute Gasteiger partial charge is 1.00 e. The predicted molar refractivity (Wildman–Crippen MR) is 152 cm³/mol. The third kappa shape index (κ3) is 13.1. The molecule has 0 atom stereocenters. The highest BCUT2D eigenvalue weighted by Gasteiger charge is 2.18. The molecule has 0 N–H and O–H groups in total. The summed E-state index contributed by atoms with van der Waals surface area (Å²) in [5.41, 5.74) is 3.09. The highest BCUT2D eigenvalue weighted by atomic mass is 127. The second kappa shape index (κ2) is 20.3. The van der Waals surface area contributed by atoms with Crippen molar-refractivity contribution in [2.45, 2.75) is 124 Å². The Kier molecular flexibility index (Phi) is 18.4. The number of amides is 1. The molecule has 4 nitrogen and oxygen atoms in total. The van der Waals surface area contributed by atoms with Gasteiger partial charge in [0.05, 0.1) is 18.8 Å². The van der Waals surface area contributed by atoms with Crippen LogP contribution in [0.5, 0.6) is 5.75 Å². The second-order valence-electron chi connectivity index (χ2n) is 10.2. The van der Waals surface area contributed by atoms with Crippen molar-refractivity contribution in [3.05, 3.63) is 53.9 Å². The third-order valence-corrected chi connectivity index (χ3v) is 6.92. The first-order valence-corrected chi connectivity index (χ1v) is 14.5. The van der Waals surface area contributed by atoms with Crippen LogP contribution >= 0.6 is 0 Å². The molecule has 2 aromatic rings. The highest BCUT2D eigenvalue weighted by Crippen LogP contribution is 2.30. The van der Waals surface area contributed by atoms with E-state index in [4.69, 9.17) is 4.74 Å². The number of anilines is 1. The van der Waals surface area contributed by atoms with Crippen LogP contribution in [0.25, 0.3) is 0 Å². The molecular formula is C32H51IN2O2. The van der Waals surface area contributed by atoms with Gasteiger partial charge >= 0.3 is 0 Å². The fourth-order valence-corrected chi connectivity index (χ4v) is 4.79. The molecule has 1 heterocycles. The Labute approximate surface area is 244 Å². The standard InChI is InChI=1S/C32H51N2O2.HI/c1-5-7-8-9-10-11-12-13-14-15-16-17-25-36-32-22-18-21-31(28(32)3)34(29(4)35)27-30-20-19-24-33(26-30)23-6-2;/h18-22,24,26H,5-17,23,25,27H2,1-4H3;1H/q+1;/p-1. The summed E-state index contributed by atoms with van der Waals surface area (Å²) in [7, 11) is 0. The van der Waals surface area contributed by atoms with Crippen LogP contribution in [-0.2, 0) is 17.9 Å². The Balaban J connectivity index is 0.00000684. The van der Waals surface area contributed by atoms with Crippen LogP contribution in [-0.4, -0.2) is 12.5 Å². The van der Waals surface area contributed by atoms with E-state index in [0.717, 1.165) is 48.6 Å². The van der Waals surface area contributed by atoms with Crippen LogP contribution in [0.1, 0.15) is 115 Å². The molecule has 0 aliphatic carbocycles. The molecule has 0 unspecified atom stereocenters. The Morgan fingerprint density at radius 3 is 2.05 bits per heavy atom. The lowest BCUT2D eigenvalue weighted by atomic mass is 10.1. The first kappa shape index (κ1) is 33.4. The van der Waals surface area contributed by atoms with E-state index >= 15 is 0 Å². The van der Waals surface area contributed by atoms with Gasteiger partial charge in [-0.25, -0.2) is 4.57 Å². The lowest BCUT2D eigenvalue weighted by Gasteiger charge is -2.24. The summed E-state index contributed by atoms with van der Waals surface area (Å²) < 4.78 is 8.35. The van der Waals surface area contributed by atoms with E-state index in [0.29, 0.717) is 6.54 Å². The SMILES string of the molecule is CCCCCCCCCCCCCCOc1cccc(N(Cc2ccc[n+](CCC)c2)C(C)=O)c1C.[I-]. The Morgan fingerprint density at radius 2 is 1.46 bits per heavy atom. The third-order valence-electron chi connectivity index (χ3n) is 6.92. The average Bonchev–Trinajstić information content (AvgIpc) is 2.87. The summed E-state index contributed by atoms with van der Waals surface area (Å²) in [6.45, 7) is 10.4. The minimum atomic E-state index is 0. The monoisotopic (exact) mass is 622 g/mol. The van der Waals surface area contributed by atoms with Gasteiger partial charge in [0, 0.05) is 30.5 Å². The number of hydrogen-bond acceptors (Lipinski definition) is 2. The topological polar surface area (TPSA) is 33.4 Å². The molecule has 2 rings (SSSR count). The van der Waals surface area contributed by atoms with Crippen LogP contribution in [0.15, 0.2) is 42.7 Å². The summed E-state index contributed by atoms with van der Waals surface area (Å²) in [5.74, 6) is 0.929. The molecule has 5 heteroatoms. The summed E-state index contributed by atoms with van der Waals surface area (Å²) >= 11 is 0. The molecule has 0 saturated carbocycles. The fourth-order valence-electron chi connectivity index (χ4n) is 4.79. The first-order chi connectivity index (χ1) is 17.6. The van der Waals surface area contributed by atoms with Crippen molar-refractivity contribution >= 4 is 11.6 Å². The molecule has 0 radical (unpaired) electrons. The van der Waals surface area contributed by atoms with Gasteiger partial charge < -0.3 is 33.6 Å². The van der Waals surface area contributed by atoms with E-state index in [9.17, 15) is 4.79 Å². The maximum atomic E-state index is 12.6. The molecule has 0 fully saturated rings. The highest BCUT2D eigenvalue weighted by molar-refractivity contribution is 5.92. The van der Waals surface area contributed by atoms with Gasteiger partial charge in [-0.1, -0.05) is 90.5 Å². The Hall–Kier alpha value is -1.63. The van der Waals surface area contributed by atoms with Gasteiger partial charge in [-0.15, -0.1) is 0 Å². The zero-order valence-corrected chi connectivity index (χ0v) is 26.1. The van der Waals surface area contributed by atoms with Gasteiger partial charge in [0.2, 0.25) is 5.91 Å². The van der Waals surface area contributed by atoms with Crippen molar-refractivity contribution in [3.63, 3.8) is 0 Å². The number of nitrogens with zero attached hydrogens (tertiary/aromatic N) is 2. The molecule has 0 bridgehead atoms. The summed E-state index contributed by atoms with van der Waals surface area (Å²) in [6.07, 6.45) is 21.4. The summed E-state index contributed by atoms with van der Waals surface area (Å²) in [4.78, 5) is 14.4. The molecule has 1 amide bonds. The van der Waals surface area contributed by atoms with Crippen LogP contribution < -0.4 is 38.2 Å². The quantitative estimate of drug-likeness (QED) is 0.121. The Morgan fingerprint density at radius 1 is 0.838 bits per heavy atom. The Bertz CT molecular complexity index is 887. The predicted octanol–water partition coefficient (Wildman–Crippen LogP) is 5.33. The van der Waals surface area contributed by atoms with Crippen molar-refractivity contribution < 1.29 is 38.1 Å². The number of unbranched alkanes of at least 4 members (excludes halogenated alkanes) is 11. The van der Waals surface area contributed by atoms with Crippen molar-refractivity contribution in [2.75, 3.05) is 11.5 Å². The van der Waals surface area contributed by atoms with Crippen LogP contribution in [0.2, 0.25) is 0 Å². The van der Waals surface area contributed by atoms with Crippen LogP contribution in [0, 0.1) is 6.92 Å². The number of ether oxygens (including phenoxy) is 1. The number of aromatic nitrogens is 1. The number of hydrogen-bond donors (Lipinski definition) is 0. The van der Waals surface area contributed by atoms with Crippen molar-refractivity contribution in [3.8, 4) is 5.75 Å². The van der Waals surface area contributed by atoms with Crippen molar-refractivity contribution in [1.29, 1.82) is 0 Å². The molecule has 208 valence electrons. The van der Waals surface area contributed by atoms with Gasteiger partial charge in [-0.2, -0.15) is 0 Å². The molecule has 37 heavy (non-hydrogen) atoms. The van der Waals surface area contributed by atoms with E-state index in [-0.39, 0.29) is 29.9 Å². The maximum absolute atomic E-state index is 12.6. The second-order valence-corrected chi connectivity index (χ2v) is 10.2. The maximum Gasteiger partial charge on any atom is 0.224 e. The number of carbonyl (C=O) groups excluding carboxylic acids is 1. The van der Waals surface area contributed by atoms with Gasteiger partial charge in [-0.05, 0) is 31.5 Å². The van der Waals surface area contributed by atoms with Gasteiger partial charge in [-0.3, -0.25) is 4.79 Å². The number of rotatable bonds is 19. The van der Waals surface area contributed by atoms with Crippen molar-refractivity contribution in [2.24, 2.45) is 0 Å². The van der Waals surface area contributed by atoms with Crippen molar-refractivity contribution in [1.82, 2.24) is 0 Å². The molecule has 1 aromatic carbocycles. The molecule has 1 aromatic heterocycles. The van der Waals surface area contributed by atoms with Gasteiger partial charge in [0.1, 0.15) is 12.3 Å². The number of pyridine rings is 1. The summed E-state index contributed by atoms with van der Waals surface area (Å²) in [5, 5.41) is 0. The van der Waals surface area contributed by atoms with Crippen LogP contribution in [0.3, 0.4) is 0 Å². The number of carbonyl (C=O) groups is 1. The van der Waals surface area contributed by atoms with E-state index < -0.39 is 0 Å². The fraction of sp³-hybridized carbons (Fsp3) is 0.625. The molecule has 0 spiro atoms. The number of benzene rings is 1. The first-order valence-electron chi connectivity index (χ1n) is 14.5. The van der Waals surface area contributed by atoms with Crippen LogP contribution in [0.4, 0.5) is 5.69 Å². The van der Waals surface area contributed by atoms with E-state index in [1.54, 1.807) is 6.92 Å². The minimum Gasteiger partial charge on any atom is -1.00 e. The molecule has 0 saturated heterocycles. The van der Waals surface area contributed by atoms with E-state index in [1.165, 1.54) is 70.6 Å². The lowest BCUT2D eigenvalue weighted by Crippen LogP contribution is -3.00. The minimum absolute atomic E-state index is 0. The zero-order chi connectivity index (χ0) is 26.0. The molecule has 0 aliphatic heterocycles. The van der Waals surface area contributed by atoms with E-state index in [1.807, 2.05) is 23.1 Å². The van der Waals surface area contributed by atoms with E-state index in [2.05, 4.69) is 49.9 Å². The number of aryl methyl sites for hydroxylation is 1. The molecule has 0 aliphatic rings. The normalized spacial score (nSPS) is 10.7. The summed E-state index contributed by atoms with van der Waals surface area (Å²) in [6, 6.07) is 10.2. The zero-order valence-electron chi connectivity index (χ0n) is 23.9. The molecular weight excluding hydrogens is 571 g/mol. The smallest absolute Gasteiger partial charge is 0.224 e.